The smallest absolute Gasteiger partial charge is 0.249 e. The molecule has 0 atom stereocenters. The van der Waals surface area contributed by atoms with Crippen LogP contribution in [0.5, 0.6) is 11.5 Å². The van der Waals surface area contributed by atoms with Crippen LogP contribution in [0.3, 0.4) is 0 Å². The number of rotatable bonds is 5. The highest BCUT2D eigenvalue weighted by Gasteiger charge is 2.40. The van der Waals surface area contributed by atoms with Crippen LogP contribution < -0.4 is 19.7 Å². The molecule has 2 aromatic rings. The van der Waals surface area contributed by atoms with Gasteiger partial charge in [0, 0.05) is 32.0 Å². The Labute approximate surface area is 157 Å². The molecule has 9 heteroatoms. The highest BCUT2D eigenvalue weighted by Crippen LogP contribution is 2.33. The minimum Gasteiger partial charge on any atom is -0.497 e. The van der Waals surface area contributed by atoms with Crippen LogP contribution >= 0.6 is 0 Å². The van der Waals surface area contributed by atoms with E-state index in [-0.39, 0.29) is 0 Å². The molecule has 2 aliphatic rings. The van der Waals surface area contributed by atoms with Gasteiger partial charge in [-0.1, -0.05) is 0 Å². The standard InChI is InChI=1S/C18H23N5O4/c1-24-13-3-4-15(25-2)14(11-13)20-17-21-16(12-19-22-17)23-7-5-18(6-8-23)26-9-10-27-18/h3-4,11-12H,5-10H2,1-2H3,(H,20,21,22). The number of aromatic nitrogens is 3. The summed E-state index contributed by atoms with van der Waals surface area (Å²) in [6, 6.07) is 5.48. The van der Waals surface area contributed by atoms with Crippen LogP contribution in [0, 0.1) is 0 Å². The van der Waals surface area contributed by atoms with Crippen LogP contribution in [-0.4, -0.2) is 61.5 Å². The van der Waals surface area contributed by atoms with Crippen LogP contribution in [0.2, 0.25) is 0 Å². The summed E-state index contributed by atoms with van der Waals surface area (Å²) in [5.41, 5.74) is 0.709. The number of methoxy groups -OCH3 is 2. The summed E-state index contributed by atoms with van der Waals surface area (Å²) in [4.78, 5) is 6.77. The van der Waals surface area contributed by atoms with E-state index in [2.05, 4.69) is 25.4 Å². The van der Waals surface area contributed by atoms with E-state index in [1.54, 1.807) is 20.4 Å². The second kappa shape index (κ2) is 7.53. The quantitative estimate of drug-likeness (QED) is 0.844. The summed E-state index contributed by atoms with van der Waals surface area (Å²) in [6.07, 6.45) is 3.29. The molecule has 0 unspecified atom stereocenters. The van der Waals surface area contributed by atoms with E-state index in [1.807, 2.05) is 18.2 Å². The van der Waals surface area contributed by atoms with Crippen LogP contribution in [0.1, 0.15) is 12.8 Å². The maximum Gasteiger partial charge on any atom is 0.249 e. The predicted octanol–water partition coefficient (Wildman–Crippen LogP) is 1.98. The molecule has 2 saturated heterocycles. The van der Waals surface area contributed by atoms with E-state index in [1.165, 1.54) is 0 Å². The molecule has 27 heavy (non-hydrogen) atoms. The first kappa shape index (κ1) is 17.7. The Bertz CT molecular complexity index is 787. The fraction of sp³-hybridized carbons (Fsp3) is 0.500. The Morgan fingerprint density at radius 1 is 1.11 bits per heavy atom. The minimum atomic E-state index is -0.411. The Hall–Kier alpha value is -2.65. The third kappa shape index (κ3) is 3.74. The molecule has 1 aromatic carbocycles. The number of hydrogen-bond acceptors (Lipinski definition) is 9. The molecule has 0 bridgehead atoms. The second-order valence-corrected chi connectivity index (χ2v) is 6.42. The summed E-state index contributed by atoms with van der Waals surface area (Å²) >= 11 is 0. The number of anilines is 3. The first-order valence-electron chi connectivity index (χ1n) is 8.93. The van der Waals surface area contributed by atoms with Crippen LogP contribution in [-0.2, 0) is 9.47 Å². The van der Waals surface area contributed by atoms with E-state index in [0.29, 0.717) is 36.3 Å². The lowest BCUT2D eigenvalue weighted by atomic mass is 10.0. The average molecular weight is 373 g/mol. The zero-order chi connectivity index (χ0) is 18.7. The monoisotopic (exact) mass is 373 g/mol. The van der Waals surface area contributed by atoms with Gasteiger partial charge in [-0.2, -0.15) is 10.1 Å². The van der Waals surface area contributed by atoms with E-state index >= 15 is 0 Å². The largest absolute Gasteiger partial charge is 0.497 e. The minimum absolute atomic E-state index is 0.396. The van der Waals surface area contributed by atoms with Gasteiger partial charge in [0.15, 0.2) is 11.6 Å². The third-order valence-electron chi connectivity index (χ3n) is 4.86. The fourth-order valence-corrected chi connectivity index (χ4v) is 3.39. The molecule has 0 amide bonds. The van der Waals surface area contributed by atoms with E-state index in [9.17, 15) is 0 Å². The molecule has 4 rings (SSSR count). The van der Waals surface area contributed by atoms with Crippen LogP contribution in [0.15, 0.2) is 24.4 Å². The highest BCUT2D eigenvalue weighted by molar-refractivity contribution is 5.65. The molecule has 2 fully saturated rings. The molecule has 0 radical (unpaired) electrons. The first-order valence-corrected chi connectivity index (χ1v) is 8.93. The van der Waals surface area contributed by atoms with Crippen molar-refractivity contribution in [2.75, 3.05) is 50.7 Å². The molecule has 1 N–H and O–H groups in total. The van der Waals surface area contributed by atoms with Crippen molar-refractivity contribution in [3.8, 4) is 11.5 Å². The molecule has 1 spiro atoms. The third-order valence-corrected chi connectivity index (χ3v) is 4.86. The molecule has 2 aliphatic heterocycles. The zero-order valence-corrected chi connectivity index (χ0v) is 15.5. The molecular formula is C18H23N5O4. The molecule has 0 aliphatic carbocycles. The maximum absolute atomic E-state index is 5.78. The summed E-state index contributed by atoms with van der Waals surface area (Å²) in [7, 11) is 3.23. The first-order chi connectivity index (χ1) is 13.2. The summed E-state index contributed by atoms with van der Waals surface area (Å²) in [6.45, 7) is 2.93. The lowest BCUT2D eigenvalue weighted by molar-refractivity contribution is -0.169. The summed E-state index contributed by atoms with van der Waals surface area (Å²) < 4.78 is 22.2. The Balaban J connectivity index is 1.48. The van der Waals surface area contributed by atoms with E-state index in [4.69, 9.17) is 18.9 Å². The molecule has 3 heterocycles. The van der Waals surface area contributed by atoms with Gasteiger partial charge in [-0.3, -0.25) is 0 Å². The number of nitrogens with one attached hydrogen (secondary N) is 1. The highest BCUT2D eigenvalue weighted by atomic mass is 16.7. The van der Waals surface area contributed by atoms with Crippen molar-refractivity contribution in [2.24, 2.45) is 0 Å². The van der Waals surface area contributed by atoms with Gasteiger partial charge in [-0.15, -0.1) is 5.10 Å². The Kier molecular flexibility index (Phi) is 4.95. The van der Waals surface area contributed by atoms with Crippen LogP contribution in [0.4, 0.5) is 17.5 Å². The van der Waals surface area contributed by atoms with Crippen molar-refractivity contribution in [2.45, 2.75) is 18.6 Å². The van der Waals surface area contributed by atoms with E-state index in [0.717, 1.165) is 31.7 Å². The molecular weight excluding hydrogens is 350 g/mol. The predicted molar refractivity (Wildman–Crippen MR) is 98.7 cm³/mol. The van der Waals surface area contributed by atoms with Gasteiger partial charge in [-0.25, -0.2) is 0 Å². The lowest BCUT2D eigenvalue weighted by Crippen LogP contribution is -2.45. The van der Waals surface area contributed by atoms with Gasteiger partial charge in [0.2, 0.25) is 5.95 Å². The van der Waals surface area contributed by atoms with Gasteiger partial charge in [-0.05, 0) is 12.1 Å². The van der Waals surface area contributed by atoms with Crippen LogP contribution in [0.25, 0.3) is 0 Å². The normalized spacial score (nSPS) is 18.5. The van der Waals surface area contributed by atoms with Gasteiger partial charge >= 0.3 is 0 Å². The van der Waals surface area contributed by atoms with Crippen molar-refractivity contribution in [1.82, 2.24) is 15.2 Å². The molecule has 9 nitrogen and oxygen atoms in total. The number of benzene rings is 1. The van der Waals surface area contributed by atoms with E-state index < -0.39 is 5.79 Å². The molecule has 144 valence electrons. The Morgan fingerprint density at radius 2 is 1.89 bits per heavy atom. The number of piperidine rings is 1. The SMILES string of the molecule is COc1ccc(OC)c(Nc2nncc(N3CCC4(CC3)OCCO4)n2)c1. The summed E-state index contributed by atoms with van der Waals surface area (Å²) in [5, 5.41) is 11.3. The molecule has 1 aromatic heterocycles. The lowest BCUT2D eigenvalue weighted by Gasteiger charge is -2.37. The Morgan fingerprint density at radius 3 is 2.59 bits per heavy atom. The number of hydrogen-bond donors (Lipinski definition) is 1. The summed E-state index contributed by atoms with van der Waals surface area (Å²) in [5.74, 6) is 2.13. The fourth-order valence-electron chi connectivity index (χ4n) is 3.39. The average Bonchev–Trinajstić information content (AvgIpc) is 3.16. The number of ether oxygens (including phenoxy) is 4. The van der Waals surface area contributed by atoms with Gasteiger partial charge < -0.3 is 29.2 Å². The van der Waals surface area contributed by atoms with Crippen molar-refractivity contribution >= 4 is 17.5 Å². The number of nitrogens with zero attached hydrogens (tertiary/aromatic N) is 4. The maximum atomic E-state index is 5.78. The second-order valence-electron chi connectivity index (χ2n) is 6.42. The van der Waals surface area contributed by atoms with Crippen molar-refractivity contribution in [1.29, 1.82) is 0 Å². The van der Waals surface area contributed by atoms with Crippen molar-refractivity contribution in [3.63, 3.8) is 0 Å². The van der Waals surface area contributed by atoms with Crippen molar-refractivity contribution in [3.05, 3.63) is 24.4 Å². The van der Waals surface area contributed by atoms with Gasteiger partial charge in [0.05, 0.1) is 39.3 Å². The molecule has 0 saturated carbocycles. The zero-order valence-electron chi connectivity index (χ0n) is 15.5. The van der Waals surface area contributed by atoms with Gasteiger partial charge in [0.25, 0.3) is 0 Å². The topological polar surface area (TPSA) is 90.9 Å². The van der Waals surface area contributed by atoms with Gasteiger partial charge in [0.1, 0.15) is 11.5 Å². The van der Waals surface area contributed by atoms with Crippen molar-refractivity contribution < 1.29 is 18.9 Å².